The van der Waals surface area contributed by atoms with Gasteiger partial charge in [0.05, 0.1) is 18.0 Å². The van der Waals surface area contributed by atoms with Crippen molar-refractivity contribution in [2.45, 2.75) is 19.5 Å². The lowest BCUT2D eigenvalue weighted by Gasteiger charge is -2.20. The van der Waals surface area contributed by atoms with E-state index in [1.165, 1.54) is 0 Å². The van der Waals surface area contributed by atoms with E-state index in [-0.39, 0.29) is 24.1 Å². The molecule has 0 saturated heterocycles. The molecule has 7 nitrogen and oxygen atoms in total. The lowest BCUT2D eigenvalue weighted by molar-refractivity contribution is -0.122. The molecule has 0 aliphatic heterocycles. The van der Waals surface area contributed by atoms with Crippen LogP contribution in [0.3, 0.4) is 0 Å². The molecular weight excluding hydrogens is 392 g/mol. The van der Waals surface area contributed by atoms with Crippen LogP contribution in [0.4, 0.5) is 0 Å². The molecule has 1 atom stereocenters. The third kappa shape index (κ3) is 4.61. The number of fused-ring (bicyclic) bond motifs is 1. The summed E-state index contributed by atoms with van der Waals surface area (Å²) in [7, 11) is 0. The molecule has 0 aliphatic rings. The highest BCUT2D eigenvalue weighted by molar-refractivity contribution is 5.79. The first kappa shape index (κ1) is 20.3. The number of nitrogens with one attached hydrogen (secondary N) is 1. The molecule has 1 amide bonds. The highest BCUT2D eigenvalue weighted by Gasteiger charge is 2.18. The molecular formula is C24H22N4O3. The maximum atomic E-state index is 12.9. The van der Waals surface area contributed by atoms with Crippen molar-refractivity contribution in [1.29, 1.82) is 0 Å². The normalized spacial score (nSPS) is 11.8. The fourth-order valence-electron chi connectivity index (χ4n) is 3.40. The molecule has 4 rings (SSSR count). The van der Waals surface area contributed by atoms with E-state index >= 15 is 0 Å². The smallest absolute Gasteiger partial charge is 0.278 e. The zero-order valence-electron chi connectivity index (χ0n) is 17.1. The van der Waals surface area contributed by atoms with E-state index in [0.29, 0.717) is 17.5 Å². The van der Waals surface area contributed by atoms with Crippen LogP contribution in [-0.2, 0) is 11.3 Å². The molecule has 31 heavy (non-hydrogen) atoms. The van der Waals surface area contributed by atoms with E-state index in [1.807, 2.05) is 61.5 Å². The second kappa shape index (κ2) is 9.21. The molecule has 7 heteroatoms. The minimum atomic E-state index is -0.381. The molecule has 156 valence electrons. The van der Waals surface area contributed by atoms with Crippen molar-refractivity contribution in [1.82, 2.24) is 20.3 Å². The largest absolute Gasteiger partial charge is 0.494 e. The molecule has 0 fully saturated rings. The third-order valence-electron chi connectivity index (χ3n) is 4.89. The van der Waals surface area contributed by atoms with Gasteiger partial charge >= 0.3 is 0 Å². The Hall–Kier alpha value is -4.00. The van der Waals surface area contributed by atoms with Crippen LogP contribution in [0, 0.1) is 0 Å². The van der Waals surface area contributed by atoms with Crippen molar-refractivity contribution in [3.63, 3.8) is 0 Å². The minimum absolute atomic E-state index is 0.225. The summed E-state index contributed by atoms with van der Waals surface area (Å²) in [6, 6.07) is 23.8. The van der Waals surface area contributed by atoms with Crippen LogP contribution in [0.25, 0.3) is 10.9 Å². The molecule has 3 aromatic carbocycles. The number of benzene rings is 3. The Labute approximate surface area is 179 Å². The first-order valence-electron chi connectivity index (χ1n) is 10.1. The summed E-state index contributed by atoms with van der Waals surface area (Å²) in [5.41, 5.74) is 1.98. The molecule has 1 aromatic heterocycles. The van der Waals surface area contributed by atoms with E-state index < -0.39 is 0 Å². The van der Waals surface area contributed by atoms with Gasteiger partial charge in [-0.05, 0) is 42.3 Å². The number of hydrogen-bond donors (Lipinski definition) is 1. The number of aromatic nitrogens is 3. The van der Waals surface area contributed by atoms with Crippen LogP contribution in [-0.4, -0.2) is 27.5 Å². The summed E-state index contributed by atoms with van der Waals surface area (Å²) in [6.07, 6.45) is 0. The van der Waals surface area contributed by atoms with Crippen molar-refractivity contribution >= 4 is 16.8 Å². The number of nitrogens with zero attached hydrogens (tertiary/aromatic N) is 3. The maximum Gasteiger partial charge on any atom is 0.278 e. The van der Waals surface area contributed by atoms with Crippen molar-refractivity contribution < 1.29 is 9.53 Å². The lowest BCUT2D eigenvalue weighted by Crippen LogP contribution is -2.36. The number of rotatable bonds is 7. The summed E-state index contributed by atoms with van der Waals surface area (Å²) >= 11 is 0. The number of carbonyl (C=O) groups is 1. The Kier molecular flexibility index (Phi) is 6.03. The topological polar surface area (TPSA) is 86.1 Å². The van der Waals surface area contributed by atoms with Gasteiger partial charge in [-0.15, -0.1) is 5.10 Å². The van der Waals surface area contributed by atoms with Gasteiger partial charge in [0, 0.05) is 0 Å². The fourth-order valence-corrected chi connectivity index (χ4v) is 3.40. The lowest BCUT2D eigenvalue weighted by atomic mass is 9.98. The highest BCUT2D eigenvalue weighted by Crippen LogP contribution is 2.24. The maximum absolute atomic E-state index is 12.9. The summed E-state index contributed by atoms with van der Waals surface area (Å²) in [5.74, 6) is 0.428. The zero-order chi connectivity index (χ0) is 21.6. The van der Waals surface area contributed by atoms with Gasteiger partial charge < -0.3 is 10.1 Å². The van der Waals surface area contributed by atoms with Crippen molar-refractivity contribution in [3.8, 4) is 5.75 Å². The number of hydrogen-bond acceptors (Lipinski definition) is 5. The van der Waals surface area contributed by atoms with Crippen LogP contribution < -0.4 is 15.6 Å². The van der Waals surface area contributed by atoms with Crippen molar-refractivity contribution in [3.05, 3.63) is 100 Å². The number of carbonyl (C=O) groups excluding carboxylic acids is 1. The second-order valence-corrected chi connectivity index (χ2v) is 6.98. The zero-order valence-corrected chi connectivity index (χ0v) is 17.1. The van der Waals surface area contributed by atoms with E-state index in [0.717, 1.165) is 21.6 Å². The summed E-state index contributed by atoms with van der Waals surface area (Å²) in [4.78, 5) is 25.5. The SMILES string of the molecule is CCOc1ccc(C(NC(=O)Cn2nnc3ccccc3c2=O)c2ccccc2)cc1. The Morgan fingerprint density at radius 3 is 2.39 bits per heavy atom. The monoisotopic (exact) mass is 414 g/mol. The van der Waals surface area contributed by atoms with Gasteiger partial charge in [-0.2, -0.15) is 0 Å². The van der Waals surface area contributed by atoms with Gasteiger partial charge in [-0.3, -0.25) is 9.59 Å². The molecule has 0 spiro atoms. The Bertz CT molecular complexity index is 1240. The summed E-state index contributed by atoms with van der Waals surface area (Å²) in [5, 5.41) is 11.4. The first-order valence-corrected chi connectivity index (χ1v) is 10.1. The van der Waals surface area contributed by atoms with Gasteiger partial charge in [0.15, 0.2) is 0 Å². The Morgan fingerprint density at radius 1 is 0.968 bits per heavy atom. The van der Waals surface area contributed by atoms with Gasteiger partial charge in [0.1, 0.15) is 17.8 Å². The molecule has 0 bridgehead atoms. The van der Waals surface area contributed by atoms with Crippen molar-refractivity contribution in [2.24, 2.45) is 0 Å². The Balaban J connectivity index is 1.59. The third-order valence-corrected chi connectivity index (χ3v) is 4.89. The Morgan fingerprint density at radius 2 is 1.65 bits per heavy atom. The molecule has 4 aromatic rings. The van der Waals surface area contributed by atoms with Gasteiger partial charge in [0.2, 0.25) is 5.91 Å². The average Bonchev–Trinajstić information content (AvgIpc) is 2.81. The molecule has 0 radical (unpaired) electrons. The van der Waals surface area contributed by atoms with Crippen molar-refractivity contribution in [2.75, 3.05) is 6.61 Å². The molecule has 0 saturated carbocycles. The molecule has 1 heterocycles. The average molecular weight is 414 g/mol. The predicted molar refractivity (Wildman–Crippen MR) is 118 cm³/mol. The first-order chi connectivity index (χ1) is 15.2. The van der Waals surface area contributed by atoms with E-state index in [9.17, 15) is 9.59 Å². The number of amides is 1. The predicted octanol–water partition coefficient (Wildman–Crippen LogP) is 3.10. The minimum Gasteiger partial charge on any atom is -0.494 e. The van der Waals surface area contributed by atoms with Crippen LogP contribution >= 0.6 is 0 Å². The van der Waals surface area contributed by atoms with E-state index in [2.05, 4.69) is 15.6 Å². The summed E-state index contributed by atoms with van der Waals surface area (Å²) in [6.45, 7) is 2.29. The molecule has 0 aliphatic carbocycles. The molecule has 1 N–H and O–H groups in total. The van der Waals surface area contributed by atoms with Crippen LogP contribution in [0.2, 0.25) is 0 Å². The van der Waals surface area contributed by atoms with Gasteiger partial charge in [-0.25, -0.2) is 4.68 Å². The summed E-state index contributed by atoms with van der Waals surface area (Å²) < 4.78 is 6.60. The molecule has 1 unspecified atom stereocenters. The van der Waals surface area contributed by atoms with Crippen LogP contribution in [0.5, 0.6) is 5.75 Å². The number of ether oxygens (including phenoxy) is 1. The quantitative estimate of drug-likeness (QED) is 0.502. The van der Waals surface area contributed by atoms with Gasteiger partial charge in [0.25, 0.3) is 5.56 Å². The second-order valence-electron chi connectivity index (χ2n) is 6.98. The van der Waals surface area contributed by atoms with Crippen LogP contribution in [0.1, 0.15) is 24.1 Å². The van der Waals surface area contributed by atoms with Crippen LogP contribution in [0.15, 0.2) is 83.7 Å². The fraction of sp³-hybridized carbons (Fsp3) is 0.167. The van der Waals surface area contributed by atoms with Gasteiger partial charge in [-0.1, -0.05) is 59.8 Å². The highest BCUT2D eigenvalue weighted by atomic mass is 16.5. The standard InChI is InChI=1S/C24H22N4O3/c1-2-31-19-14-12-18(13-15-19)23(17-8-4-3-5-9-17)25-22(29)16-28-24(30)20-10-6-7-11-21(20)26-27-28/h3-15,23H,2,16H2,1H3,(H,25,29). The van der Waals surface area contributed by atoms with E-state index in [4.69, 9.17) is 4.74 Å². The van der Waals surface area contributed by atoms with E-state index in [1.54, 1.807) is 24.3 Å².